The van der Waals surface area contributed by atoms with E-state index in [0.29, 0.717) is 6.29 Å². The van der Waals surface area contributed by atoms with Crippen molar-refractivity contribution in [2.45, 2.75) is 6.18 Å². The molecule has 1 aromatic carbocycles. The van der Waals surface area contributed by atoms with E-state index < -0.39 is 11.7 Å². The molecular formula is C12H6BrF3O2. The number of hydrogen-bond donors (Lipinski definition) is 0. The van der Waals surface area contributed by atoms with Crippen molar-refractivity contribution in [2.75, 3.05) is 0 Å². The number of carbonyl (C=O) groups is 1. The van der Waals surface area contributed by atoms with Gasteiger partial charge >= 0.3 is 6.18 Å². The normalized spacial score (nSPS) is 11.6. The van der Waals surface area contributed by atoms with E-state index in [0.717, 1.165) is 12.1 Å². The number of furan rings is 1. The first-order valence-electron chi connectivity index (χ1n) is 4.83. The predicted molar refractivity (Wildman–Crippen MR) is 62.2 cm³/mol. The number of carbonyl (C=O) groups excluding carboxylic acids is 1. The van der Waals surface area contributed by atoms with Crippen LogP contribution in [0.25, 0.3) is 11.3 Å². The fraction of sp³-hybridized carbons (Fsp3) is 0.0833. The molecule has 94 valence electrons. The molecule has 1 aromatic heterocycles. The highest BCUT2D eigenvalue weighted by atomic mass is 79.9. The highest BCUT2D eigenvalue weighted by Crippen LogP contribution is 2.35. The fourth-order valence-corrected chi connectivity index (χ4v) is 1.96. The Hall–Kier alpha value is -1.56. The summed E-state index contributed by atoms with van der Waals surface area (Å²) in [6.45, 7) is 0. The number of hydrogen-bond acceptors (Lipinski definition) is 2. The van der Waals surface area contributed by atoms with Gasteiger partial charge in [0.15, 0.2) is 12.0 Å². The summed E-state index contributed by atoms with van der Waals surface area (Å²) in [5.74, 6) is 0.280. The molecule has 0 aliphatic heterocycles. The molecule has 0 atom stereocenters. The van der Waals surface area contributed by atoms with Crippen LogP contribution in [0, 0.1) is 0 Å². The van der Waals surface area contributed by atoms with Crippen LogP contribution >= 0.6 is 15.9 Å². The number of rotatable bonds is 2. The van der Waals surface area contributed by atoms with E-state index in [4.69, 9.17) is 4.42 Å². The topological polar surface area (TPSA) is 30.2 Å². The van der Waals surface area contributed by atoms with E-state index in [9.17, 15) is 18.0 Å². The molecule has 0 amide bonds. The van der Waals surface area contributed by atoms with Crippen molar-refractivity contribution in [3.63, 3.8) is 0 Å². The molecule has 2 rings (SSSR count). The lowest BCUT2D eigenvalue weighted by Gasteiger charge is -2.08. The maximum Gasteiger partial charge on any atom is 0.416 e. The molecule has 0 aliphatic carbocycles. The van der Waals surface area contributed by atoms with Gasteiger partial charge in [-0.15, -0.1) is 0 Å². The largest absolute Gasteiger partial charge is 0.453 e. The van der Waals surface area contributed by atoms with Crippen molar-refractivity contribution in [3.8, 4) is 11.3 Å². The summed E-state index contributed by atoms with van der Waals surface area (Å²) in [4.78, 5) is 10.5. The maximum atomic E-state index is 12.6. The Morgan fingerprint density at radius 1 is 1.17 bits per heavy atom. The molecule has 0 saturated carbocycles. The van der Waals surface area contributed by atoms with Crippen LogP contribution in [0.3, 0.4) is 0 Å². The van der Waals surface area contributed by atoms with Gasteiger partial charge in [-0.2, -0.15) is 13.2 Å². The van der Waals surface area contributed by atoms with Crippen molar-refractivity contribution in [1.82, 2.24) is 0 Å². The number of benzene rings is 1. The van der Waals surface area contributed by atoms with E-state index in [1.54, 1.807) is 0 Å². The number of aldehydes is 1. The Kier molecular flexibility index (Phi) is 3.30. The van der Waals surface area contributed by atoms with Crippen LogP contribution in [0.1, 0.15) is 16.1 Å². The van der Waals surface area contributed by atoms with Crippen LogP contribution in [0.4, 0.5) is 13.2 Å². The molecule has 0 fully saturated rings. The summed E-state index contributed by atoms with van der Waals surface area (Å²) in [6.07, 6.45) is -3.94. The molecule has 2 aromatic rings. The third kappa shape index (κ3) is 2.64. The van der Waals surface area contributed by atoms with Gasteiger partial charge in [-0.1, -0.05) is 15.9 Å². The van der Waals surface area contributed by atoms with Crippen molar-refractivity contribution in [1.29, 1.82) is 0 Å². The van der Waals surface area contributed by atoms with Gasteiger partial charge in [0.25, 0.3) is 0 Å². The predicted octanol–water partition coefficient (Wildman–Crippen LogP) is 4.54. The summed E-state index contributed by atoms with van der Waals surface area (Å²) in [7, 11) is 0. The van der Waals surface area contributed by atoms with Gasteiger partial charge in [0.05, 0.1) is 5.56 Å². The first-order valence-corrected chi connectivity index (χ1v) is 5.62. The van der Waals surface area contributed by atoms with Gasteiger partial charge in [0.1, 0.15) is 5.76 Å². The van der Waals surface area contributed by atoms with Gasteiger partial charge in [0, 0.05) is 10.0 Å². The minimum absolute atomic E-state index is 0.0681. The summed E-state index contributed by atoms with van der Waals surface area (Å²) in [6, 6.07) is 6.29. The second kappa shape index (κ2) is 4.61. The lowest BCUT2D eigenvalue weighted by atomic mass is 10.1. The summed E-state index contributed by atoms with van der Waals surface area (Å²) >= 11 is 3.02. The molecule has 2 nitrogen and oxygen atoms in total. The maximum absolute atomic E-state index is 12.6. The van der Waals surface area contributed by atoms with Gasteiger partial charge < -0.3 is 4.42 Å². The summed E-state index contributed by atoms with van der Waals surface area (Å²) in [5, 5.41) is 0. The Morgan fingerprint density at radius 2 is 1.89 bits per heavy atom. The average molecular weight is 319 g/mol. The zero-order valence-electron chi connectivity index (χ0n) is 8.79. The Morgan fingerprint density at radius 3 is 2.44 bits per heavy atom. The highest BCUT2D eigenvalue weighted by Gasteiger charge is 2.31. The van der Waals surface area contributed by atoms with Crippen LogP contribution in [-0.4, -0.2) is 6.29 Å². The van der Waals surface area contributed by atoms with Crippen molar-refractivity contribution in [3.05, 3.63) is 46.1 Å². The van der Waals surface area contributed by atoms with Crippen LogP contribution in [0.15, 0.2) is 39.2 Å². The lowest BCUT2D eigenvalue weighted by Crippen LogP contribution is -2.04. The van der Waals surface area contributed by atoms with Crippen LogP contribution in [0.5, 0.6) is 0 Å². The van der Waals surface area contributed by atoms with E-state index in [-0.39, 0.29) is 21.6 Å². The Bertz CT molecular complexity index is 587. The zero-order valence-corrected chi connectivity index (χ0v) is 10.4. The molecule has 0 radical (unpaired) electrons. The van der Waals surface area contributed by atoms with E-state index in [1.165, 1.54) is 18.2 Å². The molecule has 18 heavy (non-hydrogen) atoms. The minimum Gasteiger partial charge on any atom is -0.453 e. The lowest BCUT2D eigenvalue weighted by molar-refractivity contribution is -0.137. The third-order valence-electron chi connectivity index (χ3n) is 2.25. The molecule has 0 unspecified atom stereocenters. The molecule has 0 spiro atoms. The van der Waals surface area contributed by atoms with Crippen molar-refractivity contribution >= 4 is 22.2 Å². The molecule has 6 heteroatoms. The first kappa shape index (κ1) is 12.9. The van der Waals surface area contributed by atoms with E-state index in [1.807, 2.05) is 0 Å². The molecule has 0 aliphatic rings. The molecule has 0 N–H and O–H groups in total. The first-order chi connectivity index (χ1) is 8.40. The second-order valence-electron chi connectivity index (χ2n) is 3.55. The molecular weight excluding hydrogens is 313 g/mol. The van der Waals surface area contributed by atoms with Crippen molar-refractivity contribution < 1.29 is 22.4 Å². The standard InChI is InChI=1S/C12H6BrF3O2/c13-9-4-7(3-8(5-9)12(14,15)16)11-2-1-10(6-17)18-11/h1-6H. The Labute approximate surface area is 109 Å². The van der Waals surface area contributed by atoms with Crippen LogP contribution in [0.2, 0.25) is 0 Å². The molecule has 0 saturated heterocycles. The van der Waals surface area contributed by atoms with Gasteiger partial charge in [0.2, 0.25) is 0 Å². The van der Waals surface area contributed by atoms with Gasteiger partial charge in [-0.05, 0) is 30.3 Å². The quantitative estimate of drug-likeness (QED) is 0.761. The van der Waals surface area contributed by atoms with Crippen molar-refractivity contribution in [2.24, 2.45) is 0 Å². The van der Waals surface area contributed by atoms with Gasteiger partial charge in [-0.3, -0.25) is 4.79 Å². The molecule has 1 heterocycles. The summed E-state index contributed by atoms with van der Waals surface area (Å²) in [5.41, 5.74) is -0.527. The number of alkyl halides is 3. The smallest absolute Gasteiger partial charge is 0.416 e. The minimum atomic E-state index is -4.43. The fourth-order valence-electron chi connectivity index (χ4n) is 1.47. The van der Waals surface area contributed by atoms with Crippen LogP contribution in [-0.2, 0) is 6.18 Å². The summed E-state index contributed by atoms with van der Waals surface area (Å²) < 4.78 is 43.3. The van der Waals surface area contributed by atoms with E-state index >= 15 is 0 Å². The van der Waals surface area contributed by atoms with E-state index in [2.05, 4.69) is 15.9 Å². The molecule has 0 bridgehead atoms. The Balaban J connectivity index is 2.51. The average Bonchev–Trinajstić information content (AvgIpc) is 2.75. The third-order valence-corrected chi connectivity index (χ3v) is 2.71. The monoisotopic (exact) mass is 318 g/mol. The SMILES string of the molecule is O=Cc1ccc(-c2cc(Br)cc(C(F)(F)F)c2)o1. The number of halogens is 4. The second-order valence-corrected chi connectivity index (χ2v) is 4.46. The van der Waals surface area contributed by atoms with Crippen LogP contribution < -0.4 is 0 Å². The highest BCUT2D eigenvalue weighted by molar-refractivity contribution is 9.10. The van der Waals surface area contributed by atoms with Gasteiger partial charge in [-0.25, -0.2) is 0 Å². The zero-order chi connectivity index (χ0) is 13.3.